The van der Waals surface area contributed by atoms with Gasteiger partial charge in [0.15, 0.2) is 11.5 Å². The van der Waals surface area contributed by atoms with E-state index >= 15 is 0 Å². The van der Waals surface area contributed by atoms with Gasteiger partial charge in [0.2, 0.25) is 5.91 Å². The highest BCUT2D eigenvalue weighted by Gasteiger charge is 2.62. The van der Waals surface area contributed by atoms with Gasteiger partial charge in [-0.25, -0.2) is 0 Å². The van der Waals surface area contributed by atoms with E-state index in [2.05, 4.69) is 24.1 Å². The molecule has 4 aliphatic rings. The van der Waals surface area contributed by atoms with Gasteiger partial charge in [-0.1, -0.05) is 19.9 Å². The number of hydrogen-bond acceptors (Lipinski definition) is 4. The molecule has 0 radical (unpaired) electrons. The maximum absolute atomic E-state index is 13.6. The average molecular weight is 421 g/mol. The Morgan fingerprint density at radius 1 is 1.10 bits per heavy atom. The Morgan fingerprint density at radius 3 is 2.52 bits per heavy atom. The number of amides is 1. The van der Waals surface area contributed by atoms with Crippen molar-refractivity contribution in [2.24, 2.45) is 22.2 Å². The minimum absolute atomic E-state index is 0.178. The van der Waals surface area contributed by atoms with E-state index in [1.54, 1.807) is 19.5 Å². The lowest BCUT2D eigenvalue weighted by molar-refractivity contribution is -0.165. The molecule has 1 heterocycles. The molecule has 4 bridgehead atoms. The van der Waals surface area contributed by atoms with Gasteiger partial charge in [-0.2, -0.15) is 0 Å². The average Bonchev–Trinajstić information content (AvgIpc) is 2.70. The Hall–Kier alpha value is -2.56. The van der Waals surface area contributed by atoms with Crippen LogP contribution >= 0.6 is 0 Å². The molecule has 5 heteroatoms. The normalized spacial score (nSPS) is 33.2. The van der Waals surface area contributed by atoms with Crippen LogP contribution in [0.5, 0.6) is 11.5 Å². The van der Waals surface area contributed by atoms with Gasteiger partial charge >= 0.3 is 0 Å². The second kappa shape index (κ2) is 7.25. The van der Waals surface area contributed by atoms with E-state index in [0.29, 0.717) is 34.9 Å². The summed E-state index contributed by atoms with van der Waals surface area (Å²) in [6.07, 6.45) is 10.4. The Morgan fingerprint density at radius 2 is 1.87 bits per heavy atom. The molecule has 1 aromatic heterocycles. The summed E-state index contributed by atoms with van der Waals surface area (Å²) in [5, 5.41) is 3.24. The predicted molar refractivity (Wildman–Crippen MR) is 120 cm³/mol. The van der Waals surface area contributed by atoms with Crippen molar-refractivity contribution in [2.45, 2.75) is 59.0 Å². The van der Waals surface area contributed by atoms with Crippen molar-refractivity contribution in [1.29, 1.82) is 0 Å². The fourth-order valence-electron chi connectivity index (χ4n) is 7.48. The highest BCUT2D eigenvalue weighted by atomic mass is 16.5. The summed E-state index contributed by atoms with van der Waals surface area (Å²) < 4.78 is 11.5. The van der Waals surface area contributed by atoms with Crippen molar-refractivity contribution in [3.05, 3.63) is 48.3 Å². The number of nitrogens with zero attached hydrogens (tertiary/aromatic N) is 1. The lowest BCUT2D eigenvalue weighted by atomic mass is 9.40. The maximum Gasteiger partial charge on any atom is 0.230 e. The smallest absolute Gasteiger partial charge is 0.230 e. The van der Waals surface area contributed by atoms with Crippen LogP contribution < -0.4 is 14.8 Å². The predicted octanol–water partition coefficient (Wildman–Crippen LogP) is 5.60. The van der Waals surface area contributed by atoms with Crippen LogP contribution in [0.25, 0.3) is 0 Å². The molecule has 1 amide bonds. The van der Waals surface area contributed by atoms with Crippen molar-refractivity contribution >= 4 is 11.6 Å². The summed E-state index contributed by atoms with van der Waals surface area (Å²) in [6.45, 7) is 5.19. The molecule has 2 unspecified atom stereocenters. The lowest BCUT2D eigenvalue weighted by Gasteiger charge is -2.64. The van der Waals surface area contributed by atoms with Crippen LogP contribution in [-0.2, 0) is 11.4 Å². The Bertz CT molecular complexity index is 971. The van der Waals surface area contributed by atoms with Crippen LogP contribution in [0.2, 0.25) is 0 Å². The maximum atomic E-state index is 13.6. The minimum atomic E-state index is -0.237. The van der Waals surface area contributed by atoms with Gasteiger partial charge in [0.1, 0.15) is 6.61 Å². The molecule has 1 N–H and O–H groups in total. The highest BCUT2D eigenvalue weighted by molar-refractivity contribution is 5.96. The van der Waals surface area contributed by atoms with E-state index in [1.807, 2.05) is 30.3 Å². The van der Waals surface area contributed by atoms with Crippen LogP contribution in [0.4, 0.5) is 5.69 Å². The molecule has 0 saturated heterocycles. The molecule has 4 saturated carbocycles. The van der Waals surface area contributed by atoms with Crippen molar-refractivity contribution < 1.29 is 14.3 Å². The van der Waals surface area contributed by atoms with Crippen molar-refractivity contribution in [2.75, 3.05) is 12.4 Å². The molecule has 6 rings (SSSR count). The first kappa shape index (κ1) is 20.3. The molecule has 4 aliphatic carbocycles. The SMILES string of the molecule is COc1ccc(NC(=O)C23CC4CC(C)(CC(C)(C4)C2)C3)cc1OCc1cccnc1. The van der Waals surface area contributed by atoms with Gasteiger partial charge in [0.05, 0.1) is 12.5 Å². The standard InChI is InChI=1S/C26H32N2O3/c1-24-10-19-11-25(2,15-24)17-26(12-19,16-24)23(29)28-20-6-7-21(30-3)22(9-20)31-14-18-5-4-8-27-13-18/h4-9,13,19H,10-12,14-17H2,1-3H3,(H,28,29). The van der Waals surface area contributed by atoms with Gasteiger partial charge in [-0.15, -0.1) is 0 Å². The fourth-order valence-corrected chi connectivity index (χ4v) is 7.48. The van der Waals surface area contributed by atoms with E-state index < -0.39 is 0 Å². The van der Waals surface area contributed by atoms with Crippen molar-refractivity contribution in [3.8, 4) is 11.5 Å². The number of ether oxygens (including phenoxy) is 2. The zero-order chi connectivity index (χ0) is 21.7. The van der Waals surface area contributed by atoms with Crippen LogP contribution in [0.3, 0.4) is 0 Å². The number of pyridine rings is 1. The fraction of sp³-hybridized carbons (Fsp3) is 0.538. The zero-order valence-corrected chi connectivity index (χ0v) is 18.7. The van der Waals surface area contributed by atoms with Gasteiger partial charge in [0, 0.05) is 29.7 Å². The Kier molecular flexibility index (Phi) is 4.76. The van der Waals surface area contributed by atoms with Gasteiger partial charge in [-0.3, -0.25) is 9.78 Å². The Balaban J connectivity index is 1.34. The molecule has 0 spiro atoms. The number of hydrogen-bond donors (Lipinski definition) is 1. The highest BCUT2D eigenvalue weighted by Crippen LogP contribution is 2.69. The van der Waals surface area contributed by atoms with Gasteiger partial charge < -0.3 is 14.8 Å². The third-order valence-corrected chi connectivity index (χ3v) is 7.65. The molecule has 4 fully saturated rings. The number of carbonyl (C=O) groups is 1. The molecular weight excluding hydrogens is 388 g/mol. The third kappa shape index (κ3) is 3.79. The summed E-state index contributed by atoms with van der Waals surface area (Å²) in [6, 6.07) is 9.49. The van der Waals surface area contributed by atoms with Crippen LogP contribution in [0, 0.1) is 22.2 Å². The summed E-state index contributed by atoms with van der Waals surface area (Å²) >= 11 is 0. The van der Waals surface area contributed by atoms with E-state index in [0.717, 1.165) is 30.5 Å². The number of methoxy groups -OCH3 is 1. The molecule has 164 valence electrons. The number of aromatic nitrogens is 1. The van der Waals surface area contributed by atoms with Crippen LogP contribution in [-0.4, -0.2) is 18.0 Å². The molecule has 5 nitrogen and oxygen atoms in total. The van der Waals surface area contributed by atoms with Crippen molar-refractivity contribution in [1.82, 2.24) is 4.98 Å². The number of benzene rings is 1. The topological polar surface area (TPSA) is 60.5 Å². The van der Waals surface area contributed by atoms with Gasteiger partial charge in [0.25, 0.3) is 0 Å². The monoisotopic (exact) mass is 420 g/mol. The van der Waals surface area contributed by atoms with E-state index in [4.69, 9.17) is 9.47 Å². The van der Waals surface area contributed by atoms with E-state index in [-0.39, 0.29) is 11.3 Å². The first-order chi connectivity index (χ1) is 14.8. The second-order valence-corrected chi connectivity index (χ2v) is 10.9. The number of anilines is 1. The number of nitrogens with one attached hydrogen (secondary N) is 1. The summed E-state index contributed by atoms with van der Waals surface area (Å²) in [5.41, 5.74) is 2.12. The molecule has 1 aromatic carbocycles. The number of carbonyl (C=O) groups excluding carboxylic acids is 1. The molecule has 2 aromatic rings. The zero-order valence-electron chi connectivity index (χ0n) is 18.7. The summed E-state index contributed by atoms with van der Waals surface area (Å²) in [7, 11) is 1.63. The first-order valence-corrected chi connectivity index (χ1v) is 11.3. The molecular formula is C26H32N2O3. The van der Waals surface area contributed by atoms with Crippen LogP contribution in [0.15, 0.2) is 42.7 Å². The second-order valence-electron chi connectivity index (χ2n) is 10.9. The number of rotatable bonds is 6. The largest absolute Gasteiger partial charge is 0.493 e. The van der Waals surface area contributed by atoms with E-state index in [9.17, 15) is 4.79 Å². The van der Waals surface area contributed by atoms with Gasteiger partial charge in [-0.05, 0) is 73.5 Å². The molecule has 2 atom stereocenters. The van der Waals surface area contributed by atoms with E-state index in [1.165, 1.54) is 19.3 Å². The molecule has 31 heavy (non-hydrogen) atoms. The summed E-state index contributed by atoms with van der Waals surface area (Å²) in [4.78, 5) is 17.7. The van der Waals surface area contributed by atoms with Crippen molar-refractivity contribution in [3.63, 3.8) is 0 Å². The molecule has 0 aliphatic heterocycles. The quantitative estimate of drug-likeness (QED) is 0.660. The Labute approximate surface area is 184 Å². The van der Waals surface area contributed by atoms with Crippen LogP contribution in [0.1, 0.15) is 57.9 Å². The first-order valence-electron chi connectivity index (χ1n) is 11.3. The third-order valence-electron chi connectivity index (χ3n) is 7.65. The lowest BCUT2D eigenvalue weighted by Crippen LogP contribution is -2.58. The minimum Gasteiger partial charge on any atom is -0.493 e. The summed E-state index contributed by atoms with van der Waals surface area (Å²) in [5.74, 6) is 2.13.